The van der Waals surface area contributed by atoms with Crippen LogP contribution in [0.25, 0.3) is 0 Å². The molecule has 1 aromatic carbocycles. The van der Waals surface area contributed by atoms with Crippen molar-refractivity contribution in [1.29, 1.82) is 0 Å². The Morgan fingerprint density at radius 1 is 1.19 bits per heavy atom. The molecule has 1 aliphatic carbocycles. The molecule has 3 atom stereocenters. The summed E-state index contributed by atoms with van der Waals surface area (Å²) >= 11 is 0. The van der Waals surface area contributed by atoms with Crippen LogP contribution in [0.4, 0.5) is 0 Å². The van der Waals surface area contributed by atoms with Crippen molar-refractivity contribution in [3.05, 3.63) is 23.8 Å². The van der Waals surface area contributed by atoms with Gasteiger partial charge in [0, 0.05) is 12.5 Å². The maximum atomic E-state index is 12.2. The van der Waals surface area contributed by atoms with Crippen molar-refractivity contribution in [2.45, 2.75) is 78.2 Å². The van der Waals surface area contributed by atoms with E-state index in [2.05, 4.69) is 20.8 Å². The van der Waals surface area contributed by atoms with Gasteiger partial charge in [0.25, 0.3) is 0 Å². The number of aryl methyl sites for hydroxylation is 1. The summed E-state index contributed by atoms with van der Waals surface area (Å²) in [6.45, 7) is 6.69. The van der Waals surface area contributed by atoms with E-state index in [-0.39, 0.29) is 23.6 Å². The molecule has 4 heteroatoms. The van der Waals surface area contributed by atoms with E-state index in [1.807, 2.05) is 0 Å². The number of phenols is 2. The molecule has 1 saturated carbocycles. The first-order valence-electron chi connectivity index (χ1n) is 10.1. The van der Waals surface area contributed by atoms with Crippen molar-refractivity contribution in [2.24, 2.45) is 17.8 Å². The van der Waals surface area contributed by atoms with E-state index in [4.69, 9.17) is 4.74 Å². The maximum absolute atomic E-state index is 12.2. The van der Waals surface area contributed by atoms with Gasteiger partial charge in [0.15, 0.2) is 0 Å². The smallest absolute Gasteiger partial charge is 0.306 e. The number of phenolic OH excluding ortho intramolecular Hbond substituents is 2. The average molecular weight is 363 g/mol. The minimum Gasteiger partial charge on any atom is -0.508 e. The first-order chi connectivity index (χ1) is 12.4. The van der Waals surface area contributed by atoms with E-state index in [0.717, 1.165) is 44.1 Å². The first kappa shape index (κ1) is 20.6. The summed E-state index contributed by atoms with van der Waals surface area (Å²) < 4.78 is 5.83. The Morgan fingerprint density at radius 2 is 1.96 bits per heavy atom. The molecule has 1 aliphatic rings. The number of benzene rings is 1. The lowest BCUT2D eigenvalue weighted by Crippen LogP contribution is -2.35. The number of hydrogen-bond donors (Lipinski definition) is 2. The van der Waals surface area contributed by atoms with Crippen LogP contribution in [0.2, 0.25) is 0 Å². The van der Waals surface area contributed by atoms with Gasteiger partial charge >= 0.3 is 5.97 Å². The number of carbonyl (C=O) groups is 1. The van der Waals surface area contributed by atoms with Gasteiger partial charge in [-0.15, -0.1) is 0 Å². The van der Waals surface area contributed by atoms with Crippen LogP contribution in [0.15, 0.2) is 18.2 Å². The van der Waals surface area contributed by atoms with Gasteiger partial charge in [-0.2, -0.15) is 0 Å². The minimum atomic E-state index is -0.0674. The van der Waals surface area contributed by atoms with Gasteiger partial charge in [0.1, 0.15) is 17.6 Å². The molecule has 2 rings (SSSR count). The molecular weight excluding hydrogens is 328 g/mol. The van der Waals surface area contributed by atoms with E-state index < -0.39 is 0 Å². The van der Waals surface area contributed by atoms with E-state index in [9.17, 15) is 15.0 Å². The standard InChI is InChI=1S/C22H34O4/c1-15(2)19-12-9-16(3)13-21(19)26-22(25)8-6-4-5-7-17-10-11-18(23)14-20(17)24/h10-11,14-16,19,21,23-24H,4-9,12-13H2,1-3H3. The van der Waals surface area contributed by atoms with E-state index in [0.29, 0.717) is 24.2 Å². The Morgan fingerprint density at radius 3 is 2.65 bits per heavy atom. The molecule has 0 spiro atoms. The average Bonchev–Trinajstić information content (AvgIpc) is 2.56. The van der Waals surface area contributed by atoms with Crippen LogP contribution >= 0.6 is 0 Å². The van der Waals surface area contributed by atoms with Crippen LogP contribution in [0.1, 0.15) is 71.3 Å². The van der Waals surface area contributed by atoms with Gasteiger partial charge in [0.2, 0.25) is 0 Å². The van der Waals surface area contributed by atoms with Gasteiger partial charge in [-0.25, -0.2) is 0 Å². The number of ether oxygens (including phenoxy) is 1. The summed E-state index contributed by atoms with van der Waals surface area (Å²) in [5.74, 6) is 1.83. The third kappa shape index (κ3) is 6.22. The lowest BCUT2D eigenvalue weighted by molar-refractivity contribution is -0.156. The van der Waals surface area contributed by atoms with Gasteiger partial charge < -0.3 is 14.9 Å². The van der Waals surface area contributed by atoms with Gasteiger partial charge in [-0.3, -0.25) is 4.79 Å². The summed E-state index contributed by atoms with van der Waals surface area (Å²) in [7, 11) is 0. The Labute approximate surface area is 157 Å². The van der Waals surface area contributed by atoms with Crippen LogP contribution < -0.4 is 0 Å². The number of aromatic hydroxyl groups is 2. The van der Waals surface area contributed by atoms with Gasteiger partial charge in [0.05, 0.1) is 0 Å². The number of rotatable bonds is 8. The molecule has 2 N–H and O–H groups in total. The summed E-state index contributed by atoms with van der Waals surface area (Å²) in [5.41, 5.74) is 0.835. The van der Waals surface area contributed by atoms with Gasteiger partial charge in [-0.1, -0.05) is 39.7 Å². The molecule has 1 aromatic rings. The molecule has 4 nitrogen and oxygen atoms in total. The van der Waals surface area contributed by atoms with Crippen molar-refractivity contribution in [1.82, 2.24) is 0 Å². The number of esters is 1. The number of carbonyl (C=O) groups excluding carboxylic acids is 1. The highest BCUT2D eigenvalue weighted by molar-refractivity contribution is 5.69. The number of unbranched alkanes of at least 4 members (excludes halogenated alkanes) is 2. The van der Waals surface area contributed by atoms with E-state index >= 15 is 0 Å². The van der Waals surface area contributed by atoms with Crippen LogP contribution in [0, 0.1) is 17.8 Å². The molecule has 26 heavy (non-hydrogen) atoms. The third-order valence-corrected chi connectivity index (χ3v) is 5.64. The zero-order chi connectivity index (χ0) is 19.1. The molecule has 0 amide bonds. The van der Waals surface area contributed by atoms with Crippen molar-refractivity contribution in [3.8, 4) is 11.5 Å². The molecule has 0 bridgehead atoms. The Kier molecular flexibility index (Phi) is 7.80. The monoisotopic (exact) mass is 362 g/mol. The quantitative estimate of drug-likeness (QED) is 0.492. The first-order valence-corrected chi connectivity index (χ1v) is 10.1. The van der Waals surface area contributed by atoms with Crippen LogP contribution in [0.5, 0.6) is 11.5 Å². The molecule has 0 saturated heterocycles. The lowest BCUT2D eigenvalue weighted by atomic mass is 9.75. The fourth-order valence-corrected chi connectivity index (χ4v) is 4.00. The summed E-state index contributed by atoms with van der Waals surface area (Å²) in [4.78, 5) is 12.2. The number of hydrogen-bond acceptors (Lipinski definition) is 4. The second kappa shape index (κ2) is 9.84. The highest BCUT2D eigenvalue weighted by Crippen LogP contribution is 2.35. The zero-order valence-electron chi connectivity index (χ0n) is 16.4. The highest BCUT2D eigenvalue weighted by atomic mass is 16.5. The second-order valence-electron chi connectivity index (χ2n) is 8.23. The summed E-state index contributed by atoms with van der Waals surface area (Å²) in [6, 6.07) is 4.70. The molecule has 0 aliphatic heterocycles. The molecular formula is C22H34O4. The Hall–Kier alpha value is -1.71. The molecule has 1 fully saturated rings. The van der Waals surface area contributed by atoms with Crippen molar-refractivity contribution in [2.75, 3.05) is 0 Å². The third-order valence-electron chi connectivity index (χ3n) is 5.64. The van der Waals surface area contributed by atoms with E-state index in [1.165, 1.54) is 12.5 Å². The van der Waals surface area contributed by atoms with Crippen molar-refractivity contribution < 1.29 is 19.7 Å². The molecule has 0 radical (unpaired) electrons. The zero-order valence-corrected chi connectivity index (χ0v) is 16.4. The van der Waals surface area contributed by atoms with Crippen molar-refractivity contribution in [3.63, 3.8) is 0 Å². The normalized spacial score (nSPS) is 23.2. The lowest BCUT2D eigenvalue weighted by Gasteiger charge is -2.36. The van der Waals surface area contributed by atoms with Crippen molar-refractivity contribution >= 4 is 5.97 Å². The molecule has 0 heterocycles. The SMILES string of the molecule is CC1CCC(C(C)C)C(OC(=O)CCCCCc2ccc(O)cc2O)C1. The fraction of sp³-hybridized carbons (Fsp3) is 0.682. The molecule has 146 valence electrons. The summed E-state index contributed by atoms with van der Waals surface area (Å²) in [6.07, 6.45) is 7.33. The van der Waals surface area contributed by atoms with E-state index in [1.54, 1.807) is 12.1 Å². The van der Waals surface area contributed by atoms with Gasteiger partial charge in [-0.05, 0) is 61.5 Å². The predicted molar refractivity (Wildman–Crippen MR) is 103 cm³/mol. The van der Waals surface area contributed by atoms with Crippen LogP contribution in [-0.2, 0) is 16.0 Å². The Bertz CT molecular complexity index is 582. The summed E-state index contributed by atoms with van der Waals surface area (Å²) in [5, 5.41) is 19.1. The highest BCUT2D eigenvalue weighted by Gasteiger charge is 2.33. The Balaban J connectivity index is 1.68. The predicted octanol–water partition coefficient (Wildman–Crippen LogP) is 5.20. The molecule has 0 aromatic heterocycles. The fourth-order valence-electron chi connectivity index (χ4n) is 4.00. The maximum Gasteiger partial charge on any atom is 0.306 e. The van der Waals surface area contributed by atoms with Crippen LogP contribution in [-0.4, -0.2) is 22.3 Å². The minimum absolute atomic E-state index is 0.0674. The van der Waals surface area contributed by atoms with Crippen LogP contribution in [0.3, 0.4) is 0 Å². The molecule has 3 unspecified atom stereocenters. The second-order valence-corrected chi connectivity index (χ2v) is 8.23. The largest absolute Gasteiger partial charge is 0.508 e. The topological polar surface area (TPSA) is 66.8 Å².